The van der Waals surface area contributed by atoms with E-state index < -0.39 is 5.41 Å². The van der Waals surface area contributed by atoms with Gasteiger partial charge in [0.25, 0.3) is 0 Å². The maximum absolute atomic E-state index is 2.50. The molecule has 0 bridgehead atoms. The average molecular weight is 793 g/mol. The molecule has 0 aliphatic heterocycles. The summed E-state index contributed by atoms with van der Waals surface area (Å²) in [5, 5.41) is 5.28. The first-order valence-corrected chi connectivity index (χ1v) is 21.7. The summed E-state index contributed by atoms with van der Waals surface area (Å²) in [6.07, 6.45) is 0. The lowest BCUT2D eigenvalue weighted by molar-refractivity contribution is 0.797. The minimum absolute atomic E-state index is 0.423. The molecule has 0 unspecified atom stereocenters. The highest BCUT2D eigenvalue weighted by Crippen LogP contribution is 2.63. The lowest BCUT2D eigenvalue weighted by Gasteiger charge is -2.32. The molecule has 1 spiro atoms. The molecule has 0 atom stereocenters. The van der Waals surface area contributed by atoms with Crippen molar-refractivity contribution in [2.75, 3.05) is 9.80 Å². The van der Waals surface area contributed by atoms with E-state index in [1.807, 2.05) is 0 Å². The van der Waals surface area contributed by atoms with Gasteiger partial charge in [-0.1, -0.05) is 140 Å². The fourth-order valence-corrected chi connectivity index (χ4v) is 10.7. The predicted molar refractivity (Wildman–Crippen MR) is 261 cm³/mol. The van der Waals surface area contributed by atoms with Gasteiger partial charge in [-0.3, -0.25) is 0 Å². The third-order valence-corrected chi connectivity index (χ3v) is 13.3. The molecule has 0 radical (unpaired) electrons. The molecular weight excluding hydrogens is 749 g/mol. The standard InChI is InChI=1S/C60H44N2/c1-39-12-8-16-48(34-39)61(49-17-9-13-40(2)35-49)46-30-26-42(27-31-46)43-28-32-47(33-29-43)62(50-18-10-14-41(3)36-50)51-37-45-25-24-44-15-11-23-56-58(44)59(45)57(38-51)60(56)54-21-6-4-19-52(54)53-20-5-7-22-55(53)60/h4-38H,1-3H3. The molecule has 0 N–H and O–H groups in total. The highest BCUT2D eigenvalue weighted by Gasteiger charge is 2.50. The summed E-state index contributed by atoms with van der Waals surface area (Å²) in [7, 11) is 0. The summed E-state index contributed by atoms with van der Waals surface area (Å²) < 4.78 is 0. The number of fused-ring (bicyclic) bond motifs is 7. The van der Waals surface area contributed by atoms with Crippen LogP contribution in [0.25, 0.3) is 43.8 Å². The molecule has 0 saturated heterocycles. The minimum Gasteiger partial charge on any atom is -0.310 e. The molecule has 2 nitrogen and oxygen atoms in total. The number of hydrogen-bond donors (Lipinski definition) is 0. The van der Waals surface area contributed by atoms with E-state index in [1.165, 1.54) is 82.7 Å². The molecule has 0 saturated carbocycles. The second-order valence-electron chi connectivity index (χ2n) is 17.2. The van der Waals surface area contributed by atoms with Gasteiger partial charge in [0.05, 0.1) is 5.41 Å². The van der Waals surface area contributed by atoms with Crippen molar-refractivity contribution in [2.24, 2.45) is 0 Å². The quantitative estimate of drug-likeness (QED) is 0.148. The Morgan fingerprint density at radius 2 is 0.726 bits per heavy atom. The Morgan fingerprint density at radius 1 is 0.290 bits per heavy atom. The molecule has 62 heavy (non-hydrogen) atoms. The van der Waals surface area contributed by atoms with Crippen LogP contribution in [-0.2, 0) is 5.41 Å². The van der Waals surface area contributed by atoms with Crippen molar-refractivity contribution in [3.8, 4) is 22.3 Å². The maximum atomic E-state index is 2.50. The van der Waals surface area contributed by atoms with Crippen LogP contribution in [0.1, 0.15) is 38.9 Å². The molecule has 0 fully saturated rings. The SMILES string of the molecule is Cc1cccc(N(c2ccc(-c3ccc(N(c4cccc(C)c4)c4cc5c6c(ccc7cccc(c76)C56c5ccccc5-c5ccccc56)c4)cc3)cc2)c2cccc(C)c2)c1. The highest BCUT2D eigenvalue weighted by molar-refractivity contribution is 6.18. The van der Waals surface area contributed by atoms with Crippen LogP contribution in [0, 0.1) is 20.8 Å². The molecule has 12 rings (SSSR count). The van der Waals surface area contributed by atoms with Crippen LogP contribution in [0.2, 0.25) is 0 Å². The lowest BCUT2D eigenvalue weighted by atomic mass is 9.70. The first-order valence-electron chi connectivity index (χ1n) is 21.7. The van der Waals surface area contributed by atoms with Crippen LogP contribution in [0.3, 0.4) is 0 Å². The van der Waals surface area contributed by atoms with Crippen molar-refractivity contribution in [1.82, 2.24) is 0 Å². The Bertz CT molecular complexity index is 3300. The second-order valence-corrected chi connectivity index (χ2v) is 17.2. The Balaban J connectivity index is 0.987. The number of aryl methyl sites for hydroxylation is 3. The smallest absolute Gasteiger partial charge is 0.0726 e. The van der Waals surface area contributed by atoms with E-state index in [2.05, 4.69) is 243 Å². The first-order chi connectivity index (χ1) is 30.5. The first kappa shape index (κ1) is 36.2. The van der Waals surface area contributed by atoms with Gasteiger partial charge in [-0.2, -0.15) is 0 Å². The summed E-state index contributed by atoms with van der Waals surface area (Å²) in [6, 6.07) is 79.1. The Hall–Kier alpha value is -7.68. The van der Waals surface area contributed by atoms with Gasteiger partial charge in [0.1, 0.15) is 0 Å². The minimum atomic E-state index is -0.423. The Kier molecular flexibility index (Phi) is 8.14. The van der Waals surface area contributed by atoms with Crippen LogP contribution in [0.4, 0.5) is 34.1 Å². The molecule has 10 aromatic carbocycles. The molecule has 0 heterocycles. The number of hydrogen-bond acceptors (Lipinski definition) is 2. The third kappa shape index (κ3) is 5.43. The van der Waals surface area contributed by atoms with E-state index in [4.69, 9.17) is 0 Å². The Morgan fingerprint density at radius 3 is 1.24 bits per heavy atom. The van der Waals surface area contributed by atoms with Crippen LogP contribution in [0.15, 0.2) is 212 Å². The molecule has 10 aromatic rings. The van der Waals surface area contributed by atoms with Crippen LogP contribution in [0.5, 0.6) is 0 Å². The van der Waals surface area contributed by atoms with Gasteiger partial charge in [-0.05, 0) is 176 Å². The summed E-state index contributed by atoms with van der Waals surface area (Å²) in [5.41, 5.74) is 20.6. The fourth-order valence-electron chi connectivity index (χ4n) is 10.7. The highest BCUT2D eigenvalue weighted by atomic mass is 15.1. The van der Waals surface area contributed by atoms with Crippen molar-refractivity contribution in [3.63, 3.8) is 0 Å². The molecule has 294 valence electrons. The molecule has 0 amide bonds. The fraction of sp³-hybridized carbons (Fsp3) is 0.0667. The van der Waals surface area contributed by atoms with Gasteiger partial charge >= 0.3 is 0 Å². The van der Waals surface area contributed by atoms with Crippen LogP contribution in [-0.4, -0.2) is 0 Å². The van der Waals surface area contributed by atoms with Crippen molar-refractivity contribution in [1.29, 1.82) is 0 Å². The molecule has 2 heteroatoms. The van der Waals surface area contributed by atoms with E-state index in [9.17, 15) is 0 Å². The van der Waals surface area contributed by atoms with Gasteiger partial charge in [0, 0.05) is 34.1 Å². The van der Waals surface area contributed by atoms with Gasteiger partial charge in [-0.25, -0.2) is 0 Å². The van der Waals surface area contributed by atoms with Gasteiger partial charge in [0.15, 0.2) is 0 Å². The zero-order chi connectivity index (χ0) is 41.5. The average Bonchev–Trinajstić information content (AvgIpc) is 3.77. The lowest BCUT2D eigenvalue weighted by Crippen LogP contribution is -2.26. The number of rotatable bonds is 7. The van der Waals surface area contributed by atoms with E-state index >= 15 is 0 Å². The third-order valence-electron chi connectivity index (χ3n) is 13.3. The van der Waals surface area contributed by atoms with Crippen molar-refractivity contribution in [3.05, 3.63) is 251 Å². The van der Waals surface area contributed by atoms with E-state index in [0.717, 1.165) is 34.1 Å². The van der Waals surface area contributed by atoms with E-state index in [0.29, 0.717) is 0 Å². The summed E-state index contributed by atoms with van der Waals surface area (Å²) in [5.74, 6) is 0. The number of benzene rings is 10. The van der Waals surface area contributed by atoms with Crippen LogP contribution < -0.4 is 9.80 Å². The normalized spacial score (nSPS) is 12.9. The largest absolute Gasteiger partial charge is 0.310 e. The van der Waals surface area contributed by atoms with Gasteiger partial charge in [-0.15, -0.1) is 0 Å². The molecular formula is C60H44N2. The van der Waals surface area contributed by atoms with E-state index in [-0.39, 0.29) is 0 Å². The zero-order valence-corrected chi connectivity index (χ0v) is 35.1. The number of anilines is 6. The monoisotopic (exact) mass is 792 g/mol. The van der Waals surface area contributed by atoms with Crippen molar-refractivity contribution in [2.45, 2.75) is 26.2 Å². The topological polar surface area (TPSA) is 6.48 Å². The number of nitrogens with zero attached hydrogens (tertiary/aromatic N) is 2. The van der Waals surface area contributed by atoms with Crippen molar-refractivity contribution < 1.29 is 0 Å². The summed E-state index contributed by atoms with van der Waals surface area (Å²) >= 11 is 0. The van der Waals surface area contributed by atoms with Crippen LogP contribution >= 0.6 is 0 Å². The maximum Gasteiger partial charge on any atom is 0.0726 e. The zero-order valence-electron chi connectivity index (χ0n) is 35.1. The van der Waals surface area contributed by atoms with Gasteiger partial charge < -0.3 is 9.80 Å². The molecule has 2 aliphatic carbocycles. The Labute approximate surface area is 363 Å². The van der Waals surface area contributed by atoms with E-state index in [1.54, 1.807) is 0 Å². The summed E-state index contributed by atoms with van der Waals surface area (Å²) in [4.78, 5) is 4.79. The second kappa shape index (κ2) is 13.9. The van der Waals surface area contributed by atoms with Crippen molar-refractivity contribution >= 4 is 55.7 Å². The predicted octanol–water partition coefficient (Wildman–Crippen LogP) is 16.2. The molecule has 0 aromatic heterocycles. The van der Waals surface area contributed by atoms with Gasteiger partial charge in [0.2, 0.25) is 0 Å². The molecule has 2 aliphatic rings. The summed E-state index contributed by atoms with van der Waals surface area (Å²) in [6.45, 7) is 6.49.